The first-order valence-electron chi connectivity index (χ1n) is 5.93. The van der Waals surface area contributed by atoms with Crippen molar-refractivity contribution in [3.8, 4) is 34.5 Å². The predicted octanol–water partition coefficient (Wildman–Crippen LogP) is 2.52. The molecule has 3 rings (SSSR count). The molecule has 0 aliphatic rings. The molecule has 0 saturated heterocycles. The van der Waals surface area contributed by atoms with Gasteiger partial charge in [0.2, 0.25) is 5.82 Å². The fourth-order valence-corrected chi connectivity index (χ4v) is 1.85. The largest absolute Gasteiger partial charge is 0.508 e. The summed E-state index contributed by atoms with van der Waals surface area (Å²) in [7, 11) is 0. The lowest BCUT2D eigenvalue weighted by Gasteiger charge is -1.99. The fraction of sp³-hybridized carbons (Fsp3) is 0.0714. The summed E-state index contributed by atoms with van der Waals surface area (Å²) in [5.74, 6) is 0.359. The third-order valence-corrected chi connectivity index (χ3v) is 2.86. The van der Waals surface area contributed by atoms with Gasteiger partial charge in [0.1, 0.15) is 17.2 Å². The van der Waals surface area contributed by atoms with Crippen molar-refractivity contribution in [2.75, 3.05) is 0 Å². The Morgan fingerprint density at radius 1 is 1.15 bits per heavy atom. The van der Waals surface area contributed by atoms with Crippen LogP contribution in [0.2, 0.25) is 0 Å². The molecule has 0 saturated carbocycles. The Balaban J connectivity index is 2.04. The zero-order valence-electron chi connectivity index (χ0n) is 10.6. The molecule has 2 aromatic heterocycles. The van der Waals surface area contributed by atoms with Crippen LogP contribution in [0.3, 0.4) is 0 Å². The Bertz CT molecular complexity index is 768. The molecule has 0 amide bonds. The van der Waals surface area contributed by atoms with Crippen LogP contribution < -0.4 is 0 Å². The van der Waals surface area contributed by atoms with Gasteiger partial charge in [-0.1, -0.05) is 11.2 Å². The molecule has 6 heteroatoms. The number of pyridine rings is 1. The van der Waals surface area contributed by atoms with Crippen molar-refractivity contribution in [2.24, 2.45) is 0 Å². The van der Waals surface area contributed by atoms with Crippen molar-refractivity contribution >= 4 is 0 Å². The van der Waals surface area contributed by atoms with Crippen LogP contribution in [0.1, 0.15) is 5.56 Å². The van der Waals surface area contributed by atoms with Gasteiger partial charge >= 0.3 is 0 Å². The van der Waals surface area contributed by atoms with E-state index >= 15 is 0 Å². The first-order valence-corrected chi connectivity index (χ1v) is 5.93. The molecule has 0 fully saturated rings. The minimum atomic E-state index is -0.127. The van der Waals surface area contributed by atoms with Crippen LogP contribution in [-0.2, 0) is 0 Å². The fourth-order valence-electron chi connectivity index (χ4n) is 1.85. The molecule has 3 aromatic rings. The van der Waals surface area contributed by atoms with Crippen LogP contribution in [0.25, 0.3) is 23.0 Å². The smallest absolute Gasteiger partial charge is 0.262 e. The predicted molar refractivity (Wildman–Crippen MR) is 71.0 cm³/mol. The maximum Gasteiger partial charge on any atom is 0.262 e. The summed E-state index contributed by atoms with van der Waals surface area (Å²) in [6, 6.07) is 7.88. The molecule has 0 unspecified atom stereocenters. The second-order valence-corrected chi connectivity index (χ2v) is 4.29. The van der Waals surface area contributed by atoms with Gasteiger partial charge in [0, 0.05) is 12.3 Å². The number of nitrogens with zero attached hydrogens (tertiary/aromatic N) is 3. The summed E-state index contributed by atoms with van der Waals surface area (Å²) in [6.45, 7) is 1.90. The van der Waals surface area contributed by atoms with E-state index in [-0.39, 0.29) is 17.4 Å². The first kappa shape index (κ1) is 12.2. The van der Waals surface area contributed by atoms with Crippen molar-refractivity contribution in [1.82, 2.24) is 15.1 Å². The maximum atomic E-state index is 9.78. The van der Waals surface area contributed by atoms with Gasteiger partial charge in [0.15, 0.2) is 0 Å². The minimum Gasteiger partial charge on any atom is -0.508 e. The van der Waals surface area contributed by atoms with Gasteiger partial charge in [0.05, 0.1) is 5.56 Å². The van der Waals surface area contributed by atoms with Gasteiger partial charge in [-0.3, -0.25) is 4.98 Å². The van der Waals surface area contributed by atoms with Crippen LogP contribution >= 0.6 is 0 Å². The number of phenolic OH excluding ortho intramolecular Hbond substituents is 2. The summed E-state index contributed by atoms with van der Waals surface area (Å²) in [6.07, 6.45) is 1.65. The monoisotopic (exact) mass is 269 g/mol. The van der Waals surface area contributed by atoms with Crippen molar-refractivity contribution in [3.63, 3.8) is 0 Å². The van der Waals surface area contributed by atoms with Crippen molar-refractivity contribution in [1.29, 1.82) is 0 Å². The number of aromatic hydroxyl groups is 2. The number of phenols is 2. The molecule has 20 heavy (non-hydrogen) atoms. The summed E-state index contributed by atoms with van der Waals surface area (Å²) >= 11 is 0. The molecule has 1 aromatic carbocycles. The van der Waals surface area contributed by atoms with E-state index < -0.39 is 0 Å². The highest BCUT2D eigenvalue weighted by Crippen LogP contribution is 2.32. The van der Waals surface area contributed by atoms with Gasteiger partial charge in [-0.2, -0.15) is 4.98 Å². The highest BCUT2D eigenvalue weighted by atomic mass is 16.5. The second kappa shape index (κ2) is 4.65. The van der Waals surface area contributed by atoms with E-state index in [2.05, 4.69) is 15.1 Å². The van der Waals surface area contributed by atoms with Crippen molar-refractivity contribution in [3.05, 3.63) is 42.1 Å². The van der Waals surface area contributed by atoms with E-state index in [0.717, 1.165) is 5.56 Å². The lowest BCUT2D eigenvalue weighted by Crippen LogP contribution is -1.89. The number of aromatic nitrogens is 3. The van der Waals surface area contributed by atoms with E-state index in [1.807, 2.05) is 19.1 Å². The average Bonchev–Trinajstić information content (AvgIpc) is 2.88. The molecule has 6 nitrogen and oxygen atoms in total. The van der Waals surface area contributed by atoms with Crippen LogP contribution in [0, 0.1) is 6.92 Å². The molecular weight excluding hydrogens is 258 g/mol. The topological polar surface area (TPSA) is 92.3 Å². The Kier molecular flexibility index (Phi) is 2.83. The Morgan fingerprint density at radius 3 is 2.75 bits per heavy atom. The third-order valence-electron chi connectivity index (χ3n) is 2.86. The zero-order chi connectivity index (χ0) is 14.1. The summed E-state index contributed by atoms with van der Waals surface area (Å²) in [5, 5.41) is 22.9. The summed E-state index contributed by atoms with van der Waals surface area (Å²) in [5.41, 5.74) is 1.91. The standard InChI is InChI=1S/C14H11N3O3/c1-8-3-2-6-15-12(8)13-16-14(20-17-13)10-5-4-9(18)7-11(10)19/h2-7,18-19H,1H3. The molecule has 100 valence electrons. The number of hydrogen-bond donors (Lipinski definition) is 2. The normalized spacial score (nSPS) is 10.7. The van der Waals surface area contributed by atoms with Crippen LogP contribution in [0.5, 0.6) is 11.5 Å². The summed E-state index contributed by atoms with van der Waals surface area (Å²) in [4.78, 5) is 8.42. The number of hydrogen-bond acceptors (Lipinski definition) is 6. The number of rotatable bonds is 2. The molecule has 0 atom stereocenters. The van der Waals surface area contributed by atoms with Gasteiger partial charge in [0.25, 0.3) is 5.89 Å². The maximum absolute atomic E-state index is 9.78. The van der Waals surface area contributed by atoms with Crippen molar-refractivity contribution < 1.29 is 14.7 Å². The average molecular weight is 269 g/mol. The van der Waals surface area contributed by atoms with E-state index in [4.69, 9.17) is 4.52 Å². The molecule has 0 radical (unpaired) electrons. The third kappa shape index (κ3) is 2.07. The van der Waals surface area contributed by atoms with Gasteiger partial charge < -0.3 is 14.7 Å². The molecular formula is C14H11N3O3. The van der Waals surface area contributed by atoms with E-state index in [9.17, 15) is 10.2 Å². The lowest BCUT2D eigenvalue weighted by atomic mass is 10.2. The zero-order valence-corrected chi connectivity index (χ0v) is 10.6. The van der Waals surface area contributed by atoms with Gasteiger partial charge in [-0.05, 0) is 30.7 Å². The van der Waals surface area contributed by atoms with E-state index in [0.29, 0.717) is 17.1 Å². The van der Waals surface area contributed by atoms with Crippen molar-refractivity contribution in [2.45, 2.75) is 6.92 Å². The van der Waals surface area contributed by atoms with Crippen LogP contribution in [0.4, 0.5) is 0 Å². The second-order valence-electron chi connectivity index (χ2n) is 4.29. The van der Waals surface area contributed by atoms with Crippen LogP contribution in [-0.4, -0.2) is 25.3 Å². The first-order chi connectivity index (χ1) is 9.65. The molecule has 0 spiro atoms. The highest BCUT2D eigenvalue weighted by molar-refractivity contribution is 5.65. The molecule has 2 N–H and O–H groups in total. The molecule has 0 bridgehead atoms. The molecule has 2 heterocycles. The van der Waals surface area contributed by atoms with Crippen LogP contribution in [0.15, 0.2) is 41.1 Å². The number of benzene rings is 1. The van der Waals surface area contributed by atoms with Gasteiger partial charge in [-0.25, -0.2) is 0 Å². The molecule has 0 aliphatic heterocycles. The van der Waals surface area contributed by atoms with Gasteiger partial charge in [-0.15, -0.1) is 0 Å². The van der Waals surface area contributed by atoms with E-state index in [1.54, 1.807) is 6.20 Å². The Labute approximate surface area is 114 Å². The number of aryl methyl sites for hydroxylation is 1. The Hall–Kier alpha value is -2.89. The lowest BCUT2D eigenvalue weighted by molar-refractivity contribution is 0.423. The quantitative estimate of drug-likeness (QED) is 0.742. The SMILES string of the molecule is Cc1cccnc1-c1noc(-c2ccc(O)cc2O)n1. The minimum absolute atomic E-state index is 0.0356. The Morgan fingerprint density at radius 2 is 2.00 bits per heavy atom. The van der Waals surface area contributed by atoms with E-state index in [1.165, 1.54) is 18.2 Å². The summed E-state index contributed by atoms with van der Waals surface area (Å²) < 4.78 is 5.14. The highest BCUT2D eigenvalue weighted by Gasteiger charge is 2.16. The molecule has 0 aliphatic carbocycles.